The number of quaternary nitrogens is 1. The van der Waals surface area contributed by atoms with Crippen LogP contribution in [-0.2, 0) is 4.79 Å². The average molecular weight is 421 g/mol. The zero-order valence-electron chi connectivity index (χ0n) is 17.8. The third kappa shape index (κ3) is 5.73. The number of anilines is 1. The first-order chi connectivity index (χ1) is 15.2. The van der Waals surface area contributed by atoms with Gasteiger partial charge >= 0.3 is 0 Å². The van der Waals surface area contributed by atoms with Crippen molar-refractivity contribution in [2.75, 3.05) is 31.5 Å². The van der Waals surface area contributed by atoms with E-state index in [0.717, 1.165) is 18.5 Å². The fourth-order valence-electron chi connectivity index (χ4n) is 4.11. The van der Waals surface area contributed by atoms with Crippen molar-refractivity contribution < 1.29 is 19.2 Å². The molecule has 1 saturated heterocycles. The number of fused-ring (bicyclic) bond motifs is 1. The lowest BCUT2D eigenvalue weighted by molar-refractivity contribution is -0.899. The smallest absolute Gasteiger partial charge is 0.291 e. The third-order valence-corrected chi connectivity index (χ3v) is 5.85. The molecular formula is C25H30N3O3+. The summed E-state index contributed by atoms with van der Waals surface area (Å²) < 4.78 is 5.72. The predicted molar refractivity (Wildman–Crippen MR) is 121 cm³/mol. The Hall–Kier alpha value is -3.12. The first-order valence-electron chi connectivity index (χ1n) is 11.2. The number of carbonyl (C=O) groups excluding carboxylic acids is 2. The number of ether oxygens (including phenoxy) is 1. The second-order valence-corrected chi connectivity index (χ2v) is 8.21. The van der Waals surface area contributed by atoms with Gasteiger partial charge in [0, 0.05) is 18.5 Å². The van der Waals surface area contributed by atoms with Crippen LogP contribution in [0.3, 0.4) is 0 Å². The van der Waals surface area contributed by atoms with Gasteiger partial charge in [-0.05, 0) is 61.6 Å². The minimum atomic E-state index is -0.285. The van der Waals surface area contributed by atoms with Gasteiger partial charge < -0.3 is 20.3 Å². The van der Waals surface area contributed by atoms with Crippen molar-refractivity contribution in [1.29, 1.82) is 0 Å². The second kappa shape index (κ2) is 10.3. The molecule has 3 N–H and O–H groups in total. The molecule has 6 nitrogen and oxygen atoms in total. The maximum absolute atomic E-state index is 12.4. The molecular weight excluding hydrogens is 390 g/mol. The summed E-state index contributed by atoms with van der Waals surface area (Å²) in [5.41, 5.74) is 2.07. The first-order valence-corrected chi connectivity index (χ1v) is 11.2. The van der Waals surface area contributed by atoms with Crippen LogP contribution in [0, 0.1) is 0 Å². The lowest BCUT2D eigenvalue weighted by Crippen LogP contribution is -3.11. The quantitative estimate of drug-likeness (QED) is 0.497. The Morgan fingerprint density at radius 3 is 2.55 bits per heavy atom. The Morgan fingerprint density at radius 1 is 1.03 bits per heavy atom. The largest absolute Gasteiger partial charge is 0.449 e. The molecule has 0 aliphatic carbocycles. The maximum Gasteiger partial charge on any atom is 0.291 e. The SMILES string of the molecule is O=C1Nc2ccccc2OC1=Cc1ccc(C(=O)NCCC[NH+]2CCCCCC2)cc1. The molecule has 2 aromatic rings. The fraction of sp³-hybridized carbons (Fsp3) is 0.360. The molecule has 2 aliphatic rings. The van der Waals surface area contributed by atoms with Crippen LogP contribution in [0.1, 0.15) is 48.0 Å². The number of carbonyl (C=O) groups is 2. The molecule has 0 bridgehead atoms. The van der Waals surface area contributed by atoms with Crippen LogP contribution in [0.15, 0.2) is 54.3 Å². The van der Waals surface area contributed by atoms with Gasteiger partial charge in [-0.25, -0.2) is 0 Å². The van der Waals surface area contributed by atoms with E-state index in [4.69, 9.17) is 4.74 Å². The minimum Gasteiger partial charge on any atom is -0.449 e. The Morgan fingerprint density at radius 2 is 1.77 bits per heavy atom. The van der Waals surface area contributed by atoms with Crippen molar-refractivity contribution in [1.82, 2.24) is 5.32 Å². The van der Waals surface area contributed by atoms with Crippen LogP contribution < -0.4 is 20.3 Å². The number of benzene rings is 2. The van der Waals surface area contributed by atoms with Gasteiger partial charge in [0.25, 0.3) is 11.8 Å². The molecule has 2 aliphatic heterocycles. The number of para-hydroxylation sites is 2. The maximum atomic E-state index is 12.4. The van der Waals surface area contributed by atoms with Crippen LogP contribution in [0.25, 0.3) is 6.08 Å². The summed E-state index contributed by atoms with van der Waals surface area (Å²) >= 11 is 0. The van der Waals surface area contributed by atoms with E-state index in [0.29, 0.717) is 23.5 Å². The van der Waals surface area contributed by atoms with Gasteiger partial charge in [-0.15, -0.1) is 0 Å². The minimum absolute atomic E-state index is 0.0642. The highest BCUT2D eigenvalue weighted by molar-refractivity contribution is 6.08. The lowest BCUT2D eigenvalue weighted by atomic mass is 10.1. The van der Waals surface area contributed by atoms with Crippen molar-refractivity contribution in [2.45, 2.75) is 32.1 Å². The molecule has 0 atom stereocenters. The van der Waals surface area contributed by atoms with Gasteiger partial charge in [-0.3, -0.25) is 9.59 Å². The molecule has 0 aromatic heterocycles. The number of likely N-dealkylation sites (tertiary alicyclic amines) is 1. The highest BCUT2D eigenvalue weighted by Gasteiger charge is 2.21. The van der Waals surface area contributed by atoms with Crippen LogP contribution in [0.4, 0.5) is 5.69 Å². The van der Waals surface area contributed by atoms with E-state index in [2.05, 4.69) is 10.6 Å². The lowest BCUT2D eigenvalue weighted by Gasteiger charge is -2.19. The van der Waals surface area contributed by atoms with Gasteiger partial charge in [0.15, 0.2) is 11.5 Å². The number of nitrogens with one attached hydrogen (secondary N) is 3. The Labute approximate surface area is 183 Å². The summed E-state index contributed by atoms with van der Waals surface area (Å²) in [6, 6.07) is 14.5. The molecule has 0 spiro atoms. The van der Waals surface area contributed by atoms with E-state index in [1.54, 1.807) is 29.2 Å². The number of hydrogen-bond acceptors (Lipinski definition) is 3. The third-order valence-electron chi connectivity index (χ3n) is 5.85. The molecule has 2 amide bonds. The second-order valence-electron chi connectivity index (χ2n) is 8.21. The van der Waals surface area contributed by atoms with Crippen LogP contribution >= 0.6 is 0 Å². The normalized spacial score (nSPS) is 17.9. The summed E-state index contributed by atoms with van der Waals surface area (Å²) in [5, 5.41) is 5.83. The highest BCUT2D eigenvalue weighted by atomic mass is 16.5. The topological polar surface area (TPSA) is 71.9 Å². The van der Waals surface area contributed by atoms with E-state index < -0.39 is 0 Å². The van der Waals surface area contributed by atoms with Gasteiger partial charge in [0.2, 0.25) is 0 Å². The van der Waals surface area contributed by atoms with Gasteiger partial charge in [0.1, 0.15) is 0 Å². The summed E-state index contributed by atoms with van der Waals surface area (Å²) in [4.78, 5) is 26.3. The standard InChI is InChI=1S/C25H29N3O3/c29-24(26-14-7-17-28-15-5-1-2-6-16-28)20-12-10-19(11-13-20)18-23-25(30)27-21-8-3-4-9-22(21)31-23/h3-4,8-13,18H,1-2,5-7,14-17H2,(H,26,29)(H,27,30)/p+1. The Bertz CT molecular complexity index is 945. The molecule has 0 saturated carbocycles. The van der Waals surface area contributed by atoms with E-state index in [9.17, 15) is 9.59 Å². The summed E-state index contributed by atoms with van der Waals surface area (Å²) in [5.74, 6) is 0.496. The summed E-state index contributed by atoms with van der Waals surface area (Å²) in [6.45, 7) is 4.34. The number of amides is 2. The zero-order chi connectivity index (χ0) is 21.5. The Kier molecular flexibility index (Phi) is 6.99. The van der Waals surface area contributed by atoms with E-state index in [1.807, 2.05) is 30.3 Å². The van der Waals surface area contributed by atoms with Gasteiger partial charge in [-0.2, -0.15) is 0 Å². The zero-order valence-corrected chi connectivity index (χ0v) is 17.8. The summed E-state index contributed by atoms with van der Waals surface area (Å²) in [7, 11) is 0. The van der Waals surface area contributed by atoms with E-state index in [-0.39, 0.29) is 17.6 Å². The molecule has 2 aromatic carbocycles. The van der Waals surface area contributed by atoms with Crippen molar-refractivity contribution in [2.24, 2.45) is 0 Å². The number of hydrogen-bond donors (Lipinski definition) is 3. The fourth-order valence-corrected chi connectivity index (χ4v) is 4.11. The molecule has 2 heterocycles. The average Bonchev–Trinajstić information content (AvgIpc) is 3.06. The van der Waals surface area contributed by atoms with E-state index in [1.165, 1.54) is 38.8 Å². The van der Waals surface area contributed by atoms with Crippen molar-refractivity contribution in [3.05, 3.63) is 65.4 Å². The van der Waals surface area contributed by atoms with Crippen LogP contribution in [0.2, 0.25) is 0 Å². The van der Waals surface area contributed by atoms with Crippen molar-refractivity contribution >= 4 is 23.6 Å². The molecule has 0 radical (unpaired) electrons. The molecule has 4 rings (SSSR count). The molecule has 162 valence electrons. The van der Waals surface area contributed by atoms with Gasteiger partial charge in [0.05, 0.1) is 25.3 Å². The van der Waals surface area contributed by atoms with Crippen LogP contribution in [0.5, 0.6) is 5.75 Å². The predicted octanol–water partition coefficient (Wildman–Crippen LogP) is 2.64. The number of rotatable bonds is 6. The molecule has 0 unspecified atom stereocenters. The first kappa shape index (κ1) is 21.1. The summed E-state index contributed by atoms with van der Waals surface area (Å²) in [6.07, 6.45) is 8.04. The highest BCUT2D eigenvalue weighted by Crippen LogP contribution is 2.30. The molecule has 6 heteroatoms. The van der Waals surface area contributed by atoms with Crippen molar-refractivity contribution in [3.63, 3.8) is 0 Å². The monoisotopic (exact) mass is 420 g/mol. The van der Waals surface area contributed by atoms with Gasteiger partial charge in [-0.1, -0.05) is 24.3 Å². The molecule has 1 fully saturated rings. The van der Waals surface area contributed by atoms with Crippen LogP contribution in [-0.4, -0.2) is 38.0 Å². The Balaban J connectivity index is 1.28. The van der Waals surface area contributed by atoms with Crippen molar-refractivity contribution in [3.8, 4) is 5.75 Å². The molecule has 31 heavy (non-hydrogen) atoms. The van der Waals surface area contributed by atoms with E-state index >= 15 is 0 Å².